The minimum Gasteiger partial charge on any atom is -0.462 e. The summed E-state index contributed by atoms with van der Waals surface area (Å²) in [5, 5.41) is 0. The van der Waals surface area contributed by atoms with E-state index in [0.29, 0.717) is 5.76 Å². The number of benzene rings is 1. The molecule has 0 heterocycles. The van der Waals surface area contributed by atoms with Crippen LogP contribution in [0.2, 0.25) is 0 Å². The molecule has 0 saturated carbocycles. The van der Waals surface area contributed by atoms with Crippen LogP contribution in [0.1, 0.15) is 32.3 Å². The van der Waals surface area contributed by atoms with Gasteiger partial charge in [-0.1, -0.05) is 20.4 Å². The maximum absolute atomic E-state index is 12.7. The Labute approximate surface area is 96.3 Å². The lowest BCUT2D eigenvalue weighted by Crippen LogP contribution is -1.91. The maximum atomic E-state index is 12.7. The molecule has 1 nitrogen and oxygen atoms in total. The van der Waals surface area contributed by atoms with Gasteiger partial charge in [-0.15, -0.1) is 0 Å². The van der Waals surface area contributed by atoms with Crippen LogP contribution in [0, 0.1) is 5.82 Å². The van der Waals surface area contributed by atoms with Crippen LogP contribution in [0.25, 0.3) is 5.76 Å². The number of allylic oxidation sites excluding steroid dienone is 2. The molecule has 86 valence electrons. The van der Waals surface area contributed by atoms with Gasteiger partial charge >= 0.3 is 0 Å². The molecule has 1 aromatic rings. The third-order valence-corrected chi connectivity index (χ3v) is 2.20. The summed E-state index contributed by atoms with van der Waals surface area (Å²) in [5.74, 6) is 1.20. The van der Waals surface area contributed by atoms with Crippen molar-refractivity contribution in [2.75, 3.05) is 0 Å². The van der Waals surface area contributed by atoms with Gasteiger partial charge in [-0.2, -0.15) is 0 Å². The molecule has 0 amide bonds. The van der Waals surface area contributed by atoms with E-state index in [4.69, 9.17) is 4.74 Å². The van der Waals surface area contributed by atoms with Crippen molar-refractivity contribution in [3.8, 4) is 0 Å². The highest BCUT2D eigenvalue weighted by atomic mass is 19.1. The predicted molar refractivity (Wildman–Crippen MR) is 65.2 cm³/mol. The van der Waals surface area contributed by atoms with E-state index in [2.05, 4.69) is 13.5 Å². The number of rotatable bonds is 5. The van der Waals surface area contributed by atoms with Gasteiger partial charge in [0.25, 0.3) is 0 Å². The molecule has 1 aromatic carbocycles. The highest BCUT2D eigenvalue weighted by Crippen LogP contribution is 2.19. The fourth-order valence-electron chi connectivity index (χ4n) is 1.34. The van der Waals surface area contributed by atoms with Crippen molar-refractivity contribution in [3.63, 3.8) is 0 Å². The molecule has 0 radical (unpaired) electrons. The maximum Gasteiger partial charge on any atom is 0.126 e. The summed E-state index contributed by atoms with van der Waals surface area (Å²) < 4.78 is 18.3. The second-order valence-corrected chi connectivity index (χ2v) is 3.46. The van der Waals surface area contributed by atoms with E-state index < -0.39 is 0 Å². The zero-order chi connectivity index (χ0) is 12.0. The third kappa shape index (κ3) is 3.54. The summed E-state index contributed by atoms with van der Waals surface area (Å²) in [4.78, 5) is 0. The van der Waals surface area contributed by atoms with Gasteiger partial charge in [0, 0.05) is 12.0 Å². The molecule has 0 aliphatic heterocycles. The minimum atomic E-state index is -0.253. The summed E-state index contributed by atoms with van der Waals surface area (Å²) in [6, 6.07) is 6.13. The van der Waals surface area contributed by atoms with Crippen LogP contribution in [0.5, 0.6) is 0 Å². The average Bonchev–Trinajstić information content (AvgIpc) is 2.29. The van der Waals surface area contributed by atoms with Gasteiger partial charge in [-0.25, -0.2) is 4.39 Å². The highest BCUT2D eigenvalue weighted by molar-refractivity contribution is 5.58. The average molecular weight is 220 g/mol. The Morgan fingerprint density at radius 1 is 1.31 bits per heavy atom. The quantitative estimate of drug-likeness (QED) is 0.663. The first kappa shape index (κ1) is 12.5. The number of halogens is 1. The molecular formula is C14H17FO. The van der Waals surface area contributed by atoms with Crippen LogP contribution in [0.3, 0.4) is 0 Å². The third-order valence-electron chi connectivity index (χ3n) is 2.20. The Hall–Kier alpha value is -1.57. The monoisotopic (exact) mass is 220 g/mol. The van der Waals surface area contributed by atoms with E-state index in [0.717, 1.165) is 24.2 Å². The lowest BCUT2D eigenvalue weighted by atomic mass is 10.2. The number of hydrogen-bond acceptors (Lipinski definition) is 1. The molecule has 0 aliphatic carbocycles. The van der Waals surface area contributed by atoms with E-state index in [1.165, 1.54) is 12.1 Å². The molecule has 0 aliphatic rings. The summed E-state index contributed by atoms with van der Waals surface area (Å²) in [6.45, 7) is 7.92. The largest absolute Gasteiger partial charge is 0.462 e. The minimum absolute atomic E-state index is 0.253. The molecule has 0 bridgehead atoms. The van der Waals surface area contributed by atoms with Crippen molar-refractivity contribution in [2.24, 2.45) is 0 Å². The molecule has 0 spiro atoms. The lowest BCUT2D eigenvalue weighted by Gasteiger charge is -2.10. The first-order valence-electron chi connectivity index (χ1n) is 5.49. The molecule has 0 fully saturated rings. The zero-order valence-corrected chi connectivity index (χ0v) is 9.79. The fourth-order valence-corrected chi connectivity index (χ4v) is 1.34. The lowest BCUT2D eigenvalue weighted by molar-refractivity contribution is 0.367. The molecule has 0 saturated heterocycles. The zero-order valence-electron chi connectivity index (χ0n) is 9.79. The molecule has 16 heavy (non-hydrogen) atoms. The first-order valence-corrected chi connectivity index (χ1v) is 5.49. The highest BCUT2D eigenvalue weighted by Gasteiger charge is 2.02. The van der Waals surface area contributed by atoms with Crippen LogP contribution in [-0.4, -0.2) is 0 Å². The van der Waals surface area contributed by atoms with Gasteiger partial charge in [-0.05, 0) is 36.8 Å². The van der Waals surface area contributed by atoms with Crippen LogP contribution in [-0.2, 0) is 4.74 Å². The summed E-state index contributed by atoms with van der Waals surface area (Å²) >= 11 is 0. The number of ether oxygens (including phenoxy) is 1. The molecule has 0 atom stereocenters. The molecule has 0 unspecified atom stereocenters. The van der Waals surface area contributed by atoms with E-state index in [1.54, 1.807) is 12.1 Å². The Morgan fingerprint density at radius 2 is 1.94 bits per heavy atom. The SMILES string of the molecule is C=C(O/C(=C/CC)CC)c1ccc(F)cc1. The van der Waals surface area contributed by atoms with E-state index >= 15 is 0 Å². The second-order valence-electron chi connectivity index (χ2n) is 3.46. The van der Waals surface area contributed by atoms with Gasteiger partial charge in [0.2, 0.25) is 0 Å². The van der Waals surface area contributed by atoms with Crippen molar-refractivity contribution >= 4 is 5.76 Å². The predicted octanol–water partition coefficient (Wildman–Crippen LogP) is 4.52. The van der Waals surface area contributed by atoms with Crippen molar-refractivity contribution < 1.29 is 9.13 Å². The van der Waals surface area contributed by atoms with Crippen LogP contribution in [0.4, 0.5) is 4.39 Å². The van der Waals surface area contributed by atoms with Gasteiger partial charge in [0.1, 0.15) is 11.6 Å². The molecular weight excluding hydrogens is 203 g/mol. The van der Waals surface area contributed by atoms with E-state index in [9.17, 15) is 4.39 Å². The van der Waals surface area contributed by atoms with Gasteiger partial charge in [-0.3, -0.25) is 0 Å². The van der Waals surface area contributed by atoms with Crippen LogP contribution < -0.4 is 0 Å². The fraction of sp³-hybridized carbons (Fsp3) is 0.286. The molecule has 0 aromatic heterocycles. The van der Waals surface area contributed by atoms with Crippen LogP contribution in [0.15, 0.2) is 42.7 Å². The van der Waals surface area contributed by atoms with Gasteiger partial charge < -0.3 is 4.74 Å². The normalized spacial score (nSPS) is 11.3. The van der Waals surface area contributed by atoms with E-state index in [-0.39, 0.29) is 5.82 Å². The molecule has 1 rings (SSSR count). The molecule has 2 heteroatoms. The summed E-state index contributed by atoms with van der Waals surface area (Å²) in [5.41, 5.74) is 0.803. The summed E-state index contributed by atoms with van der Waals surface area (Å²) in [7, 11) is 0. The summed E-state index contributed by atoms with van der Waals surface area (Å²) in [6.07, 6.45) is 3.78. The van der Waals surface area contributed by atoms with Gasteiger partial charge in [0.05, 0.1) is 5.76 Å². The van der Waals surface area contributed by atoms with Crippen molar-refractivity contribution in [2.45, 2.75) is 26.7 Å². The Balaban J connectivity index is 2.72. The Kier molecular flexibility index (Phi) is 4.77. The molecule has 0 N–H and O–H groups in total. The standard InChI is InChI=1S/C14H17FO/c1-4-6-14(5-2)16-11(3)12-7-9-13(15)10-8-12/h6-10H,3-5H2,1-2H3/b14-6+. The Morgan fingerprint density at radius 3 is 2.44 bits per heavy atom. The topological polar surface area (TPSA) is 9.23 Å². The van der Waals surface area contributed by atoms with Crippen molar-refractivity contribution in [3.05, 3.63) is 54.1 Å². The second kappa shape index (κ2) is 6.11. The smallest absolute Gasteiger partial charge is 0.126 e. The first-order chi connectivity index (χ1) is 7.67. The van der Waals surface area contributed by atoms with Gasteiger partial charge in [0.15, 0.2) is 0 Å². The van der Waals surface area contributed by atoms with Crippen molar-refractivity contribution in [1.82, 2.24) is 0 Å². The van der Waals surface area contributed by atoms with E-state index in [1.807, 2.05) is 13.0 Å². The number of hydrogen-bond donors (Lipinski definition) is 0. The van der Waals surface area contributed by atoms with Crippen LogP contribution >= 0.6 is 0 Å². The van der Waals surface area contributed by atoms with Crippen molar-refractivity contribution in [1.29, 1.82) is 0 Å². The Bertz CT molecular complexity index is 376.